The van der Waals surface area contributed by atoms with Crippen LogP contribution in [-0.2, 0) is 52.0 Å². The quantitative estimate of drug-likeness (QED) is 0.147. The lowest BCUT2D eigenvalue weighted by Gasteiger charge is -2.31. The molecule has 3 heterocycles. The summed E-state index contributed by atoms with van der Waals surface area (Å²) < 4.78 is 49.2. The largest absolute Gasteiger partial charge is 0.462 e. The molecule has 6 atom stereocenters. The third-order valence-electron chi connectivity index (χ3n) is 6.68. The van der Waals surface area contributed by atoms with Crippen LogP contribution in [0.4, 0.5) is 5.69 Å². The van der Waals surface area contributed by atoms with Gasteiger partial charge >= 0.3 is 31.5 Å². The molecule has 1 aliphatic heterocycles. The van der Waals surface area contributed by atoms with Gasteiger partial charge in [-0.15, -0.1) is 0 Å². The van der Waals surface area contributed by atoms with Gasteiger partial charge in [-0.05, 0) is 59.7 Å². The highest BCUT2D eigenvalue weighted by molar-refractivity contribution is 7.54. The van der Waals surface area contributed by atoms with E-state index in [1.165, 1.54) is 24.6 Å². The van der Waals surface area contributed by atoms with Gasteiger partial charge in [-0.3, -0.25) is 23.7 Å². The van der Waals surface area contributed by atoms with Crippen molar-refractivity contribution >= 4 is 42.8 Å². The highest BCUT2D eigenvalue weighted by Crippen LogP contribution is 2.47. The number of ether oxygens (including phenoxy) is 5. The van der Waals surface area contributed by atoms with Gasteiger partial charge in [-0.1, -0.05) is 0 Å². The molecular formula is C29H41N6O11P. The molecule has 47 heavy (non-hydrogen) atoms. The van der Waals surface area contributed by atoms with Gasteiger partial charge in [0.15, 0.2) is 12.2 Å². The second kappa shape index (κ2) is 15.2. The van der Waals surface area contributed by atoms with Crippen LogP contribution in [-0.4, -0.2) is 82.2 Å². The van der Waals surface area contributed by atoms with Crippen molar-refractivity contribution in [2.75, 3.05) is 12.3 Å². The molecule has 0 radical (unpaired) electrons. The number of carbonyl (C=O) groups excluding carboxylic acids is 4. The summed E-state index contributed by atoms with van der Waals surface area (Å²) in [5, 5.41) is 19.9. The molecule has 0 aromatic carbocycles. The average molecular weight is 681 g/mol. The summed E-state index contributed by atoms with van der Waals surface area (Å²) in [7, 11) is -4.48. The number of hydrogen-bond acceptors (Lipinski definition) is 14. The van der Waals surface area contributed by atoms with Gasteiger partial charge in [-0.25, -0.2) is 14.7 Å². The molecule has 0 aliphatic carbocycles. The van der Waals surface area contributed by atoms with Crippen LogP contribution in [0.5, 0.6) is 0 Å². The molecule has 18 heteroatoms. The normalized spacial score (nSPS) is 22.4. The van der Waals surface area contributed by atoms with Crippen LogP contribution < -0.4 is 15.9 Å². The molecule has 2 aromatic rings. The number of nitrogens with one attached hydrogen (secondary N) is 2. The van der Waals surface area contributed by atoms with Crippen LogP contribution in [0.3, 0.4) is 0 Å². The van der Waals surface area contributed by atoms with Gasteiger partial charge in [-0.2, -0.15) is 10.4 Å². The predicted molar refractivity (Wildman–Crippen MR) is 164 cm³/mol. The highest BCUT2D eigenvalue weighted by atomic mass is 31.2. The van der Waals surface area contributed by atoms with Crippen molar-refractivity contribution in [3.63, 3.8) is 0 Å². The SMILES string of the molecule is CC(=O)O[C@H]1[C@H](c2ccc3c(N)ccnn23)O[C@](C#N)(COP(=O)(N[C@@H](C)C(=O)OC(C)C)N[C@@H](C)C(=O)OC(C)C)[C@H]1OC(C)=O. The van der Waals surface area contributed by atoms with Crippen molar-refractivity contribution in [2.24, 2.45) is 0 Å². The van der Waals surface area contributed by atoms with E-state index in [4.69, 9.17) is 33.9 Å². The van der Waals surface area contributed by atoms with Crippen molar-refractivity contribution in [1.29, 1.82) is 5.26 Å². The number of hydrogen-bond donors (Lipinski definition) is 3. The molecule has 0 unspecified atom stereocenters. The van der Waals surface area contributed by atoms with Crippen molar-refractivity contribution in [2.45, 2.75) is 104 Å². The fourth-order valence-electron chi connectivity index (χ4n) is 4.76. The summed E-state index contributed by atoms with van der Waals surface area (Å²) in [4.78, 5) is 49.8. The van der Waals surface area contributed by atoms with Crippen LogP contribution in [0.25, 0.3) is 5.52 Å². The van der Waals surface area contributed by atoms with Crippen LogP contribution in [0.1, 0.15) is 67.2 Å². The average Bonchev–Trinajstić information content (AvgIpc) is 3.51. The number of nitriles is 1. The Morgan fingerprint density at radius 1 is 1.00 bits per heavy atom. The fraction of sp³-hybridized carbons (Fsp3) is 0.586. The molecule has 0 spiro atoms. The van der Waals surface area contributed by atoms with Crippen molar-refractivity contribution in [1.82, 2.24) is 19.8 Å². The number of anilines is 1. The van der Waals surface area contributed by atoms with Crippen molar-refractivity contribution in [3.05, 3.63) is 30.1 Å². The maximum absolute atomic E-state index is 14.3. The van der Waals surface area contributed by atoms with E-state index >= 15 is 0 Å². The number of nitrogen functional groups attached to an aromatic ring is 1. The van der Waals surface area contributed by atoms with Gasteiger partial charge in [0.05, 0.1) is 29.1 Å². The van der Waals surface area contributed by atoms with Crippen LogP contribution in [0, 0.1) is 11.3 Å². The summed E-state index contributed by atoms with van der Waals surface area (Å²) in [6, 6.07) is 4.25. The first-order valence-corrected chi connectivity index (χ1v) is 16.4. The number of aromatic nitrogens is 2. The van der Waals surface area contributed by atoms with Crippen LogP contribution in [0.2, 0.25) is 0 Å². The molecular weight excluding hydrogens is 639 g/mol. The van der Waals surface area contributed by atoms with E-state index in [2.05, 4.69) is 15.3 Å². The minimum Gasteiger partial charge on any atom is -0.462 e. The Morgan fingerprint density at radius 3 is 2.04 bits per heavy atom. The Morgan fingerprint density at radius 2 is 1.55 bits per heavy atom. The van der Waals surface area contributed by atoms with E-state index in [1.54, 1.807) is 45.9 Å². The number of carbonyl (C=O) groups is 4. The molecule has 0 bridgehead atoms. The molecule has 3 rings (SSSR count). The second-order valence-corrected chi connectivity index (χ2v) is 13.4. The van der Waals surface area contributed by atoms with E-state index in [-0.39, 0.29) is 5.69 Å². The first-order valence-electron chi connectivity index (χ1n) is 14.8. The minimum atomic E-state index is -4.48. The zero-order valence-electron chi connectivity index (χ0n) is 27.4. The van der Waals surface area contributed by atoms with E-state index in [0.29, 0.717) is 11.2 Å². The fourth-order valence-corrected chi connectivity index (χ4v) is 6.59. The van der Waals surface area contributed by atoms with Crippen LogP contribution >= 0.6 is 7.67 Å². The topological polar surface area (TPSA) is 232 Å². The number of rotatable bonds is 14. The molecule has 258 valence electrons. The first kappa shape index (κ1) is 37.4. The van der Waals surface area contributed by atoms with E-state index in [1.807, 2.05) is 6.07 Å². The number of nitrogens with two attached hydrogens (primary N) is 1. The number of esters is 4. The molecule has 0 saturated carbocycles. The summed E-state index contributed by atoms with van der Waals surface area (Å²) in [5.74, 6) is -3.20. The van der Waals surface area contributed by atoms with E-state index in [0.717, 1.165) is 13.8 Å². The molecule has 4 N–H and O–H groups in total. The molecule has 1 fully saturated rings. The highest BCUT2D eigenvalue weighted by Gasteiger charge is 2.62. The maximum atomic E-state index is 14.3. The Kier molecular flexibility index (Phi) is 12.1. The standard InChI is InChI=1S/C29H41N6O11P/c1-15(2)42-27(38)17(5)33-47(40,34-18(6)28(39)43-16(3)4)41-14-29(13-30)26(45-20(8)37)25(44-19(7)36)24(46-29)23-10-9-22-21(31)11-12-32-35(22)23/h9-12,15-18,24-26H,14,31H2,1-8H3,(H2,33,34,40)/t17-,18-,24-,25-,26-,29+/m0/s1. The van der Waals surface area contributed by atoms with Crippen LogP contribution in [0.15, 0.2) is 24.4 Å². The third-order valence-corrected chi connectivity index (χ3v) is 8.63. The van der Waals surface area contributed by atoms with E-state index < -0.39 is 86.4 Å². The lowest BCUT2D eigenvalue weighted by atomic mass is 9.95. The Labute approximate surface area is 271 Å². The third kappa shape index (κ3) is 9.05. The van der Waals surface area contributed by atoms with E-state index in [9.17, 15) is 29.0 Å². The first-order chi connectivity index (χ1) is 21.9. The Hall–Kier alpha value is -4.07. The summed E-state index contributed by atoms with van der Waals surface area (Å²) in [5.41, 5.74) is 4.95. The molecule has 2 aromatic heterocycles. The Balaban J connectivity index is 2.06. The molecule has 0 amide bonds. The molecule has 1 aliphatic rings. The lowest BCUT2D eigenvalue weighted by molar-refractivity contribution is -0.166. The van der Waals surface area contributed by atoms with Gasteiger partial charge in [0, 0.05) is 20.0 Å². The lowest BCUT2D eigenvalue weighted by Crippen LogP contribution is -2.50. The van der Waals surface area contributed by atoms with Gasteiger partial charge in [0.1, 0.15) is 30.9 Å². The molecule has 1 saturated heterocycles. The van der Waals surface area contributed by atoms with Gasteiger partial charge in [0.2, 0.25) is 5.60 Å². The van der Waals surface area contributed by atoms with Gasteiger partial charge in [0.25, 0.3) is 0 Å². The monoisotopic (exact) mass is 680 g/mol. The summed E-state index contributed by atoms with van der Waals surface area (Å²) in [6.07, 6.45) is -3.88. The zero-order valence-corrected chi connectivity index (χ0v) is 28.3. The summed E-state index contributed by atoms with van der Waals surface area (Å²) >= 11 is 0. The molecule has 17 nitrogen and oxygen atoms in total. The Bertz CT molecular complexity index is 1540. The predicted octanol–water partition coefficient (Wildman–Crippen LogP) is 2.10. The zero-order chi connectivity index (χ0) is 35.3. The number of fused-ring (bicyclic) bond motifs is 1. The van der Waals surface area contributed by atoms with Crippen molar-refractivity contribution < 1.29 is 52.0 Å². The second-order valence-electron chi connectivity index (χ2n) is 11.5. The number of nitrogens with zero attached hydrogens (tertiary/aromatic N) is 3. The maximum Gasteiger partial charge on any atom is 0.342 e. The van der Waals surface area contributed by atoms with Crippen molar-refractivity contribution in [3.8, 4) is 6.07 Å². The van der Waals surface area contributed by atoms with Gasteiger partial charge < -0.3 is 33.9 Å². The summed E-state index contributed by atoms with van der Waals surface area (Å²) in [6.45, 7) is 10.5. The minimum absolute atomic E-state index is 0.280. The smallest absolute Gasteiger partial charge is 0.342 e.